The number of amides is 2. The van der Waals surface area contributed by atoms with Crippen molar-refractivity contribution in [1.29, 1.82) is 0 Å². The Balaban J connectivity index is 1.26. The van der Waals surface area contributed by atoms with E-state index in [0.717, 1.165) is 55.9 Å². The van der Waals surface area contributed by atoms with Gasteiger partial charge in [0.15, 0.2) is 0 Å². The van der Waals surface area contributed by atoms with Crippen molar-refractivity contribution in [3.8, 4) is 0 Å². The zero-order valence-electron chi connectivity index (χ0n) is 17.5. The van der Waals surface area contributed by atoms with Crippen molar-refractivity contribution in [3.05, 3.63) is 71.3 Å². The van der Waals surface area contributed by atoms with Gasteiger partial charge in [0.05, 0.1) is 0 Å². The lowest BCUT2D eigenvalue weighted by Crippen LogP contribution is -2.25. The monoisotopic (exact) mass is 436 g/mol. The van der Waals surface area contributed by atoms with Gasteiger partial charge in [-0.25, -0.2) is 0 Å². The van der Waals surface area contributed by atoms with Gasteiger partial charge in [0.2, 0.25) is 5.91 Å². The Kier molecular flexibility index (Phi) is 7.43. The molecule has 2 aliphatic rings. The molecule has 2 amide bonds. The fourth-order valence-corrected chi connectivity index (χ4v) is 4.53. The second-order valence-electron chi connectivity index (χ2n) is 8.02. The summed E-state index contributed by atoms with van der Waals surface area (Å²) >= 11 is 1.96. The van der Waals surface area contributed by atoms with Crippen LogP contribution in [0.3, 0.4) is 0 Å². The minimum absolute atomic E-state index is 0.0364. The molecule has 0 spiro atoms. The number of hydrogen-bond donors (Lipinski definition) is 2. The molecule has 0 radical (unpaired) electrons. The fourth-order valence-electron chi connectivity index (χ4n) is 3.39. The Morgan fingerprint density at radius 3 is 2.55 bits per heavy atom. The molecule has 0 bridgehead atoms. The topological polar surface area (TPSA) is 67.4 Å². The number of thioether (sulfide) groups is 1. The molecule has 4 rings (SSSR count). The average molecular weight is 437 g/mol. The first-order valence-electron chi connectivity index (χ1n) is 10.8. The predicted molar refractivity (Wildman–Crippen MR) is 126 cm³/mol. The van der Waals surface area contributed by atoms with Crippen molar-refractivity contribution in [2.75, 3.05) is 18.5 Å². The maximum absolute atomic E-state index is 12.3. The third kappa shape index (κ3) is 6.97. The van der Waals surface area contributed by atoms with Crippen LogP contribution in [-0.2, 0) is 15.3 Å². The first-order chi connectivity index (χ1) is 15.2. The Labute approximate surface area is 187 Å². The molecule has 0 unspecified atom stereocenters. The van der Waals surface area contributed by atoms with Gasteiger partial charge in [0.1, 0.15) is 0 Å². The Hall–Kier alpha value is -2.57. The van der Waals surface area contributed by atoms with Crippen LogP contribution in [0.15, 0.2) is 54.6 Å². The first-order valence-corrected chi connectivity index (χ1v) is 11.9. The number of benzene rings is 2. The normalized spacial score (nSPS) is 16.9. The van der Waals surface area contributed by atoms with E-state index in [0.29, 0.717) is 16.9 Å². The average Bonchev–Trinajstić information content (AvgIpc) is 3.62. The molecular weight excluding hydrogens is 408 g/mol. The smallest absolute Gasteiger partial charge is 0.251 e. The number of ether oxygens (including phenoxy) is 1. The molecule has 1 saturated heterocycles. The van der Waals surface area contributed by atoms with Gasteiger partial charge in [-0.2, -0.15) is 11.8 Å². The molecule has 0 aromatic heterocycles. The van der Waals surface area contributed by atoms with Crippen LogP contribution in [-0.4, -0.2) is 36.3 Å². The van der Waals surface area contributed by atoms with E-state index in [4.69, 9.17) is 4.74 Å². The van der Waals surface area contributed by atoms with E-state index in [1.54, 1.807) is 18.2 Å². The Bertz CT molecular complexity index is 932. The largest absolute Gasteiger partial charge is 0.381 e. The summed E-state index contributed by atoms with van der Waals surface area (Å²) in [6.07, 6.45) is 7.63. The highest BCUT2D eigenvalue weighted by atomic mass is 32.2. The molecule has 31 heavy (non-hydrogen) atoms. The van der Waals surface area contributed by atoms with Crippen LogP contribution in [0.4, 0.5) is 5.69 Å². The van der Waals surface area contributed by atoms with Crippen LogP contribution in [0, 0.1) is 0 Å². The van der Waals surface area contributed by atoms with Gasteiger partial charge in [-0.3, -0.25) is 9.59 Å². The quantitative estimate of drug-likeness (QED) is 0.592. The predicted octanol–water partition coefficient (Wildman–Crippen LogP) is 4.64. The van der Waals surface area contributed by atoms with Crippen LogP contribution in [0.1, 0.15) is 47.2 Å². The summed E-state index contributed by atoms with van der Waals surface area (Å²) in [5, 5.41) is 6.55. The molecule has 162 valence electrons. The highest BCUT2D eigenvalue weighted by molar-refractivity contribution is 7.99. The standard InChI is InChI=1S/C25H28N2O3S/c28-24(11-6-18-4-7-20(8-5-18)25(29)27-21-9-10-21)26-22-3-1-2-19(16-22)17-31-23-12-14-30-15-13-23/h1-8,11,16,21,23H,9-10,12-15,17H2,(H,26,28)(H,27,29)/b11-6+. The number of anilines is 1. The lowest BCUT2D eigenvalue weighted by molar-refractivity contribution is -0.111. The number of carbonyl (C=O) groups is 2. The molecule has 1 saturated carbocycles. The zero-order chi connectivity index (χ0) is 21.5. The minimum Gasteiger partial charge on any atom is -0.381 e. The second-order valence-corrected chi connectivity index (χ2v) is 9.30. The van der Waals surface area contributed by atoms with Gasteiger partial charge < -0.3 is 15.4 Å². The Morgan fingerprint density at radius 2 is 1.81 bits per heavy atom. The highest BCUT2D eigenvalue weighted by Crippen LogP contribution is 2.26. The summed E-state index contributed by atoms with van der Waals surface area (Å²) in [5.41, 5.74) is 3.52. The number of hydrogen-bond acceptors (Lipinski definition) is 4. The molecule has 2 N–H and O–H groups in total. The first kappa shape index (κ1) is 21.7. The third-order valence-corrected chi connectivity index (χ3v) is 6.80. The van der Waals surface area contributed by atoms with E-state index in [1.807, 2.05) is 42.1 Å². The molecule has 2 aromatic rings. The fraction of sp³-hybridized carbons (Fsp3) is 0.360. The molecule has 1 heterocycles. The minimum atomic E-state index is -0.176. The Morgan fingerprint density at radius 1 is 1.03 bits per heavy atom. The van der Waals surface area contributed by atoms with E-state index in [-0.39, 0.29) is 11.8 Å². The molecule has 1 aliphatic heterocycles. The molecule has 6 heteroatoms. The van der Waals surface area contributed by atoms with Crippen molar-refractivity contribution in [2.24, 2.45) is 0 Å². The SMILES string of the molecule is O=C(/C=C/c1ccc(C(=O)NC2CC2)cc1)Nc1cccc(CSC2CCOCC2)c1. The van der Waals surface area contributed by atoms with E-state index in [1.165, 1.54) is 11.6 Å². The number of nitrogens with one attached hydrogen (secondary N) is 2. The molecule has 5 nitrogen and oxygen atoms in total. The van der Waals surface area contributed by atoms with Crippen molar-refractivity contribution in [3.63, 3.8) is 0 Å². The van der Waals surface area contributed by atoms with Gasteiger partial charge in [-0.15, -0.1) is 0 Å². The maximum Gasteiger partial charge on any atom is 0.251 e. The van der Waals surface area contributed by atoms with Crippen molar-refractivity contribution in [2.45, 2.75) is 42.7 Å². The zero-order valence-corrected chi connectivity index (χ0v) is 18.3. The van der Waals surface area contributed by atoms with Crippen LogP contribution >= 0.6 is 11.8 Å². The summed E-state index contributed by atoms with van der Waals surface area (Å²) in [5.74, 6) is 0.723. The van der Waals surface area contributed by atoms with Crippen LogP contribution < -0.4 is 10.6 Å². The third-order valence-electron chi connectivity index (χ3n) is 5.36. The molecular formula is C25H28N2O3S. The van der Waals surface area contributed by atoms with Crippen LogP contribution in [0.2, 0.25) is 0 Å². The highest BCUT2D eigenvalue weighted by Gasteiger charge is 2.23. The van der Waals surface area contributed by atoms with Crippen LogP contribution in [0.5, 0.6) is 0 Å². The van der Waals surface area contributed by atoms with E-state index in [2.05, 4.69) is 16.7 Å². The van der Waals surface area contributed by atoms with Gasteiger partial charge in [0, 0.05) is 47.6 Å². The lowest BCUT2D eigenvalue weighted by atomic mass is 10.1. The van der Waals surface area contributed by atoms with Gasteiger partial charge >= 0.3 is 0 Å². The summed E-state index contributed by atoms with van der Waals surface area (Å²) in [7, 11) is 0. The van der Waals surface area contributed by atoms with Crippen molar-refractivity contribution < 1.29 is 14.3 Å². The lowest BCUT2D eigenvalue weighted by Gasteiger charge is -2.21. The van der Waals surface area contributed by atoms with E-state index >= 15 is 0 Å². The van der Waals surface area contributed by atoms with E-state index < -0.39 is 0 Å². The summed E-state index contributed by atoms with van der Waals surface area (Å²) in [4.78, 5) is 24.4. The van der Waals surface area contributed by atoms with Crippen LogP contribution in [0.25, 0.3) is 6.08 Å². The summed E-state index contributed by atoms with van der Waals surface area (Å²) in [6.45, 7) is 1.72. The van der Waals surface area contributed by atoms with Gasteiger partial charge in [-0.1, -0.05) is 24.3 Å². The van der Waals surface area contributed by atoms with Crippen molar-refractivity contribution in [1.82, 2.24) is 5.32 Å². The number of rotatable bonds is 8. The van der Waals surface area contributed by atoms with Gasteiger partial charge in [0.25, 0.3) is 5.91 Å². The molecule has 2 fully saturated rings. The molecule has 2 aromatic carbocycles. The van der Waals surface area contributed by atoms with Crippen molar-refractivity contribution >= 4 is 35.3 Å². The maximum atomic E-state index is 12.3. The summed E-state index contributed by atoms with van der Waals surface area (Å²) in [6, 6.07) is 15.6. The van der Waals surface area contributed by atoms with E-state index in [9.17, 15) is 9.59 Å². The van der Waals surface area contributed by atoms with Gasteiger partial charge in [-0.05, 0) is 67.2 Å². The summed E-state index contributed by atoms with van der Waals surface area (Å²) < 4.78 is 5.42. The second kappa shape index (κ2) is 10.6. The number of carbonyl (C=O) groups excluding carboxylic acids is 2. The molecule has 1 aliphatic carbocycles. The molecule has 0 atom stereocenters.